The molecular weight excluding hydrogens is 268 g/mol. The van der Waals surface area contributed by atoms with Crippen molar-refractivity contribution in [2.75, 3.05) is 6.61 Å². The molecule has 0 aromatic carbocycles. The fourth-order valence-corrected chi connectivity index (χ4v) is 4.26. The lowest BCUT2D eigenvalue weighted by atomic mass is 9.75. The normalized spacial score (nSPS) is 26.8. The van der Waals surface area contributed by atoms with Crippen LogP contribution in [0.1, 0.15) is 42.7 Å². The zero-order valence-electron chi connectivity index (χ0n) is 10.5. The maximum absolute atomic E-state index is 12.4. The van der Waals surface area contributed by atoms with Crippen molar-refractivity contribution in [2.24, 2.45) is 0 Å². The van der Waals surface area contributed by atoms with E-state index in [2.05, 4.69) is 0 Å². The highest BCUT2D eigenvalue weighted by molar-refractivity contribution is 7.85. The summed E-state index contributed by atoms with van der Waals surface area (Å²) in [5.41, 5.74) is -0.0687. The first-order valence-electron chi connectivity index (χ1n) is 6.47. The van der Waals surface area contributed by atoms with Gasteiger partial charge in [0.25, 0.3) is 0 Å². The van der Waals surface area contributed by atoms with Gasteiger partial charge in [-0.1, -0.05) is 0 Å². The lowest BCUT2D eigenvalue weighted by Crippen LogP contribution is -2.48. The first kappa shape index (κ1) is 12.9. The third-order valence-corrected chi connectivity index (χ3v) is 5.63. The van der Waals surface area contributed by atoms with Crippen LogP contribution in [0.25, 0.3) is 0 Å². The fourth-order valence-electron chi connectivity index (χ4n) is 2.79. The third-order valence-electron chi connectivity index (χ3n) is 4.01. The molecule has 1 saturated carbocycles. The number of aromatic carboxylic acids is 1. The van der Waals surface area contributed by atoms with Crippen LogP contribution in [0, 0.1) is 0 Å². The van der Waals surface area contributed by atoms with Crippen LogP contribution in [-0.2, 0) is 15.5 Å². The van der Waals surface area contributed by atoms with E-state index < -0.39 is 16.8 Å². The molecule has 0 amide bonds. The molecule has 1 N–H and O–H groups in total. The van der Waals surface area contributed by atoms with Crippen molar-refractivity contribution in [1.29, 1.82) is 0 Å². The molecule has 104 valence electrons. The summed E-state index contributed by atoms with van der Waals surface area (Å²) in [6.45, 7) is 0.628. The predicted molar refractivity (Wildman–Crippen MR) is 67.6 cm³/mol. The van der Waals surface area contributed by atoms with E-state index in [9.17, 15) is 9.00 Å². The van der Waals surface area contributed by atoms with Crippen LogP contribution < -0.4 is 0 Å². The minimum atomic E-state index is -1.29. The van der Waals surface area contributed by atoms with Gasteiger partial charge in [0.15, 0.2) is 5.09 Å². The highest BCUT2D eigenvalue weighted by Gasteiger charge is 2.44. The SMILES string of the molecule is O=C(O)c1ccc(S(=O)C2CCOC3(CCC3)C2)o1. The summed E-state index contributed by atoms with van der Waals surface area (Å²) in [5, 5.41) is 9.07. The van der Waals surface area contributed by atoms with Crippen molar-refractivity contribution in [2.45, 2.75) is 48.0 Å². The van der Waals surface area contributed by atoms with E-state index in [0.29, 0.717) is 6.61 Å². The van der Waals surface area contributed by atoms with Gasteiger partial charge in [-0.25, -0.2) is 4.79 Å². The number of hydrogen-bond donors (Lipinski definition) is 1. The summed E-state index contributed by atoms with van der Waals surface area (Å²) in [5.74, 6) is -1.29. The number of furan rings is 1. The number of ether oxygens (including phenoxy) is 1. The minimum Gasteiger partial charge on any atom is -0.475 e. The van der Waals surface area contributed by atoms with Gasteiger partial charge in [-0.3, -0.25) is 4.21 Å². The second-order valence-corrected chi connectivity index (χ2v) is 6.88. The summed E-state index contributed by atoms with van der Waals surface area (Å²) >= 11 is 0. The van der Waals surface area contributed by atoms with Crippen molar-refractivity contribution >= 4 is 16.8 Å². The van der Waals surface area contributed by atoms with Gasteiger partial charge in [0.05, 0.1) is 16.4 Å². The Labute approximate surface area is 113 Å². The van der Waals surface area contributed by atoms with Crippen LogP contribution in [0.5, 0.6) is 0 Å². The van der Waals surface area contributed by atoms with Crippen LogP contribution in [0.15, 0.2) is 21.6 Å². The number of hydrogen-bond acceptors (Lipinski definition) is 4. The van der Waals surface area contributed by atoms with E-state index >= 15 is 0 Å². The monoisotopic (exact) mass is 284 g/mol. The Morgan fingerprint density at radius 2 is 2.21 bits per heavy atom. The second kappa shape index (κ2) is 4.76. The number of rotatable bonds is 3. The Morgan fingerprint density at radius 1 is 1.42 bits per heavy atom. The molecule has 2 heterocycles. The summed E-state index contributed by atoms with van der Waals surface area (Å²) in [4.78, 5) is 10.8. The van der Waals surface area contributed by atoms with Gasteiger partial charge in [0.2, 0.25) is 5.76 Å². The Bertz CT molecular complexity index is 517. The molecular formula is C13H16O5S. The van der Waals surface area contributed by atoms with E-state index in [-0.39, 0.29) is 21.7 Å². The van der Waals surface area contributed by atoms with Gasteiger partial charge in [-0.05, 0) is 44.2 Å². The zero-order valence-corrected chi connectivity index (χ0v) is 11.3. The van der Waals surface area contributed by atoms with Crippen molar-refractivity contribution in [3.63, 3.8) is 0 Å². The molecule has 1 aromatic heterocycles. The molecule has 2 fully saturated rings. The molecule has 1 aliphatic carbocycles. The lowest BCUT2D eigenvalue weighted by molar-refractivity contribution is -0.125. The molecule has 3 rings (SSSR count). The fraction of sp³-hybridized carbons (Fsp3) is 0.615. The topological polar surface area (TPSA) is 76.7 Å². The largest absolute Gasteiger partial charge is 0.475 e. The Morgan fingerprint density at radius 3 is 2.79 bits per heavy atom. The van der Waals surface area contributed by atoms with E-state index in [1.54, 1.807) is 0 Å². The van der Waals surface area contributed by atoms with Gasteiger partial charge in [0, 0.05) is 11.9 Å². The zero-order chi connectivity index (χ0) is 13.5. The van der Waals surface area contributed by atoms with E-state index in [4.69, 9.17) is 14.3 Å². The highest BCUT2D eigenvalue weighted by atomic mass is 32.2. The van der Waals surface area contributed by atoms with Crippen molar-refractivity contribution in [3.05, 3.63) is 17.9 Å². The quantitative estimate of drug-likeness (QED) is 0.920. The maximum atomic E-state index is 12.4. The standard InChI is InChI=1S/C13H16O5S/c14-12(15)10-2-3-11(18-10)19(16)9-4-7-17-13(8-9)5-1-6-13/h2-3,9H,1,4-8H2,(H,14,15). The van der Waals surface area contributed by atoms with Gasteiger partial charge in [-0.15, -0.1) is 0 Å². The molecule has 1 aliphatic heterocycles. The number of carboxylic acid groups (broad SMARTS) is 1. The summed E-state index contributed by atoms with van der Waals surface area (Å²) in [6, 6.07) is 2.86. The predicted octanol–water partition coefficient (Wildman–Crippen LogP) is 2.19. The van der Waals surface area contributed by atoms with E-state index in [0.717, 1.165) is 25.7 Å². The molecule has 6 heteroatoms. The average Bonchev–Trinajstić information content (AvgIpc) is 2.86. The molecule has 1 saturated heterocycles. The number of carboxylic acids is 1. The Kier molecular flexibility index (Phi) is 3.22. The van der Waals surface area contributed by atoms with Gasteiger partial charge in [-0.2, -0.15) is 0 Å². The summed E-state index contributed by atoms with van der Waals surface area (Å²) in [7, 11) is -1.29. The van der Waals surface area contributed by atoms with Crippen molar-refractivity contribution < 1.29 is 23.3 Å². The van der Waals surface area contributed by atoms with Crippen molar-refractivity contribution in [1.82, 2.24) is 0 Å². The number of carbonyl (C=O) groups is 1. The van der Waals surface area contributed by atoms with Crippen LogP contribution >= 0.6 is 0 Å². The van der Waals surface area contributed by atoms with E-state index in [1.807, 2.05) is 0 Å². The summed E-state index contributed by atoms with van der Waals surface area (Å²) < 4.78 is 23.4. The van der Waals surface area contributed by atoms with E-state index in [1.165, 1.54) is 18.6 Å². The van der Waals surface area contributed by atoms with Crippen LogP contribution in [-0.4, -0.2) is 32.7 Å². The molecule has 0 radical (unpaired) electrons. The van der Waals surface area contributed by atoms with Crippen LogP contribution in [0.3, 0.4) is 0 Å². The molecule has 2 unspecified atom stereocenters. The van der Waals surface area contributed by atoms with Gasteiger partial charge in [0.1, 0.15) is 0 Å². The lowest BCUT2D eigenvalue weighted by Gasteiger charge is -2.46. The van der Waals surface area contributed by atoms with Gasteiger partial charge < -0.3 is 14.3 Å². The first-order valence-corrected chi connectivity index (χ1v) is 7.69. The highest BCUT2D eigenvalue weighted by Crippen LogP contribution is 2.44. The Hall–Kier alpha value is -1.14. The molecule has 2 aliphatic rings. The van der Waals surface area contributed by atoms with Crippen molar-refractivity contribution in [3.8, 4) is 0 Å². The molecule has 19 heavy (non-hydrogen) atoms. The molecule has 1 spiro atoms. The maximum Gasteiger partial charge on any atom is 0.371 e. The second-order valence-electron chi connectivity index (χ2n) is 5.22. The Balaban J connectivity index is 1.73. The first-order chi connectivity index (χ1) is 9.10. The molecule has 2 atom stereocenters. The smallest absolute Gasteiger partial charge is 0.371 e. The molecule has 0 bridgehead atoms. The summed E-state index contributed by atoms with van der Waals surface area (Å²) in [6.07, 6.45) is 4.77. The average molecular weight is 284 g/mol. The van der Waals surface area contributed by atoms with Crippen LogP contribution in [0.2, 0.25) is 0 Å². The minimum absolute atomic E-state index is 0.00171. The molecule has 1 aromatic rings. The molecule has 5 nitrogen and oxygen atoms in total. The van der Waals surface area contributed by atoms with Crippen LogP contribution in [0.4, 0.5) is 0 Å². The third kappa shape index (κ3) is 2.34. The van der Waals surface area contributed by atoms with Gasteiger partial charge >= 0.3 is 5.97 Å².